The topological polar surface area (TPSA) is 40.5 Å². The highest BCUT2D eigenvalue weighted by molar-refractivity contribution is 8.00. The molecule has 0 atom stereocenters. The van der Waals surface area contributed by atoms with Crippen LogP contribution in [0.1, 0.15) is 13.3 Å². The zero-order chi connectivity index (χ0) is 11.9. The average Bonchev–Trinajstić information content (AvgIpc) is 2.00. The fourth-order valence-electron chi connectivity index (χ4n) is 1.07. The van der Waals surface area contributed by atoms with E-state index < -0.39 is 11.5 Å². The van der Waals surface area contributed by atoms with Crippen LogP contribution in [0.5, 0.6) is 0 Å². The van der Waals surface area contributed by atoms with Gasteiger partial charge < -0.3 is 5.11 Å². The summed E-state index contributed by atoms with van der Waals surface area (Å²) >= 11 is -0.120. The van der Waals surface area contributed by atoms with Crippen LogP contribution in [0.25, 0.3) is 0 Å². The van der Waals surface area contributed by atoms with E-state index in [1.807, 2.05) is 6.92 Å². The summed E-state index contributed by atoms with van der Waals surface area (Å²) in [5.74, 6) is -1.14. The third kappa shape index (κ3) is 9.86. The van der Waals surface area contributed by atoms with Gasteiger partial charge in [-0.05, 0) is 24.7 Å². The second-order valence-electron chi connectivity index (χ2n) is 2.96. The summed E-state index contributed by atoms with van der Waals surface area (Å²) in [5, 5.41) is 8.50. The normalized spacial score (nSPS) is 12.1. The van der Waals surface area contributed by atoms with E-state index in [-0.39, 0.29) is 30.6 Å². The minimum absolute atomic E-state index is 0.120. The molecule has 0 aliphatic carbocycles. The van der Waals surface area contributed by atoms with Gasteiger partial charge in [-0.25, -0.2) is 0 Å². The Bertz CT molecular complexity index is 199. The number of carboxylic acids is 1. The molecule has 0 spiro atoms. The first-order chi connectivity index (χ1) is 6.85. The second kappa shape index (κ2) is 6.95. The first-order valence-corrected chi connectivity index (χ1v) is 5.48. The maximum absolute atomic E-state index is 11.8. The van der Waals surface area contributed by atoms with Crippen LogP contribution in [0.2, 0.25) is 0 Å². The molecular formula is C8H14F3NO2S. The van der Waals surface area contributed by atoms with Crippen LogP contribution in [-0.4, -0.2) is 46.9 Å². The Morgan fingerprint density at radius 1 is 1.40 bits per heavy atom. The van der Waals surface area contributed by atoms with E-state index in [4.69, 9.17) is 5.11 Å². The summed E-state index contributed by atoms with van der Waals surface area (Å²) in [6, 6.07) is 0. The van der Waals surface area contributed by atoms with Gasteiger partial charge in [-0.1, -0.05) is 6.92 Å². The fourth-order valence-corrected chi connectivity index (χ4v) is 1.65. The molecule has 0 fully saturated rings. The SMILES string of the molecule is CCCN(CCSC(F)(F)F)CC(=O)O. The third-order valence-corrected chi connectivity index (χ3v) is 2.29. The van der Waals surface area contributed by atoms with E-state index in [2.05, 4.69) is 0 Å². The Labute approximate surface area is 90.6 Å². The van der Waals surface area contributed by atoms with Crippen LogP contribution in [0.4, 0.5) is 13.2 Å². The van der Waals surface area contributed by atoms with Crippen LogP contribution in [0.15, 0.2) is 0 Å². The largest absolute Gasteiger partial charge is 0.480 e. The number of hydrogen-bond donors (Lipinski definition) is 1. The van der Waals surface area contributed by atoms with E-state index in [1.54, 1.807) is 0 Å². The summed E-state index contributed by atoms with van der Waals surface area (Å²) in [4.78, 5) is 11.9. The first kappa shape index (κ1) is 14.6. The summed E-state index contributed by atoms with van der Waals surface area (Å²) < 4.78 is 35.3. The lowest BCUT2D eigenvalue weighted by molar-refractivity contribution is -0.138. The number of carbonyl (C=O) groups is 1. The van der Waals surface area contributed by atoms with Crippen LogP contribution in [0.3, 0.4) is 0 Å². The number of aliphatic carboxylic acids is 1. The molecule has 0 rings (SSSR count). The van der Waals surface area contributed by atoms with Crippen molar-refractivity contribution in [3.05, 3.63) is 0 Å². The van der Waals surface area contributed by atoms with Gasteiger partial charge in [-0.3, -0.25) is 9.69 Å². The van der Waals surface area contributed by atoms with Gasteiger partial charge in [0.1, 0.15) is 0 Å². The maximum Gasteiger partial charge on any atom is 0.441 e. The monoisotopic (exact) mass is 245 g/mol. The van der Waals surface area contributed by atoms with E-state index >= 15 is 0 Å². The molecule has 0 unspecified atom stereocenters. The Morgan fingerprint density at radius 2 is 2.00 bits per heavy atom. The van der Waals surface area contributed by atoms with Crippen molar-refractivity contribution < 1.29 is 23.1 Å². The molecule has 0 saturated heterocycles. The molecule has 3 nitrogen and oxygen atoms in total. The van der Waals surface area contributed by atoms with Crippen LogP contribution >= 0.6 is 11.8 Å². The summed E-state index contributed by atoms with van der Waals surface area (Å²) in [6.45, 7) is 2.30. The van der Waals surface area contributed by atoms with Crippen molar-refractivity contribution in [1.29, 1.82) is 0 Å². The molecule has 0 saturated carbocycles. The van der Waals surface area contributed by atoms with E-state index in [1.165, 1.54) is 4.90 Å². The molecule has 15 heavy (non-hydrogen) atoms. The molecule has 0 radical (unpaired) electrons. The first-order valence-electron chi connectivity index (χ1n) is 4.50. The van der Waals surface area contributed by atoms with Crippen LogP contribution < -0.4 is 0 Å². The van der Waals surface area contributed by atoms with Gasteiger partial charge in [-0.2, -0.15) is 13.2 Å². The number of carboxylic acid groups (broad SMARTS) is 1. The summed E-state index contributed by atoms with van der Waals surface area (Å²) in [5.41, 5.74) is -4.24. The third-order valence-electron chi connectivity index (χ3n) is 1.57. The second-order valence-corrected chi connectivity index (χ2v) is 4.12. The maximum atomic E-state index is 11.8. The predicted octanol–water partition coefficient (Wildman–Crippen LogP) is 2.04. The molecular weight excluding hydrogens is 231 g/mol. The van der Waals surface area contributed by atoms with Gasteiger partial charge in [0.05, 0.1) is 6.54 Å². The standard InChI is InChI=1S/C8H14F3NO2S/c1-2-3-12(6-7(13)14)4-5-15-8(9,10)11/h2-6H2,1H3,(H,13,14). The molecule has 0 bridgehead atoms. The van der Waals surface area contributed by atoms with Crippen molar-refractivity contribution in [1.82, 2.24) is 4.90 Å². The van der Waals surface area contributed by atoms with E-state index in [9.17, 15) is 18.0 Å². The van der Waals surface area contributed by atoms with Gasteiger partial charge in [0.2, 0.25) is 0 Å². The van der Waals surface area contributed by atoms with Crippen molar-refractivity contribution in [3.8, 4) is 0 Å². The predicted molar refractivity (Wildman–Crippen MR) is 52.9 cm³/mol. The van der Waals surface area contributed by atoms with Gasteiger partial charge in [0.25, 0.3) is 0 Å². The number of alkyl halides is 3. The molecule has 0 aliphatic rings. The quantitative estimate of drug-likeness (QED) is 0.745. The summed E-state index contributed by atoms with van der Waals surface area (Å²) in [6.07, 6.45) is 0.726. The zero-order valence-electron chi connectivity index (χ0n) is 8.38. The van der Waals surface area contributed by atoms with Crippen molar-refractivity contribution >= 4 is 17.7 Å². The molecule has 0 heterocycles. The number of hydrogen-bond acceptors (Lipinski definition) is 3. The molecule has 0 aliphatic heterocycles. The highest BCUT2D eigenvalue weighted by Crippen LogP contribution is 2.29. The smallest absolute Gasteiger partial charge is 0.441 e. The Kier molecular flexibility index (Phi) is 6.75. The van der Waals surface area contributed by atoms with Gasteiger partial charge >= 0.3 is 11.5 Å². The number of rotatable bonds is 7. The Morgan fingerprint density at radius 3 is 2.40 bits per heavy atom. The molecule has 0 aromatic rings. The van der Waals surface area contributed by atoms with E-state index in [0.717, 1.165) is 6.42 Å². The summed E-state index contributed by atoms with van der Waals surface area (Å²) in [7, 11) is 0. The van der Waals surface area contributed by atoms with Crippen molar-refractivity contribution in [2.75, 3.05) is 25.4 Å². The van der Waals surface area contributed by atoms with Crippen LogP contribution in [0, 0.1) is 0 Å². The van der Waals surface area contributed by atoms with Crippen molar-refractivity contribution in [2.45, 2.75) is 18.9 Å². The number of thioether (sulfide) groups is 1. The molecule has 90 valence electrons. The molecule has 0 aromatic carbocycles. The van der Waals surface area contributed by atoms with Crippen LogP contribution in [-0.2, 0) is 4.79 Å². The molecule has 0 amide bonds. The minimum Gasteiger partial charge on any atom is -0.480 e. The molecule has 1 N–H and O–H groups in total. The molecule has 0 aromatic heterocycles. The Balaban J connectivity index is 3.80. The highest BCUT2D eigenvalue weighted by Gasteiger charge is 2.27. The van der Waals surface area contributed by atoms with Crippen molar-refractivity contribution in [3.63, 3.8) is 0 Å². The lowest BCUT2D eigenvalue weighted by Gasteiger charge is -2.19. The zero-order valence-corrected chi connectivity index (χ0v) is 9.20. The van der Waals surface area contributed by atoms with Crippen molar-refractivity contribution in [2.24, 2.45) is 0 Å². The average molecular weight is 245 g/mol. The number of nitrogens with zero attached hydrogens (tertiary/aromatic N) is 1. The number of halogens is 3. The lowest BCUT2D eigenvalue weighted by atomic mass is 10.4. The van der Waals surface area contributed by atoms with E-state index in [0.29, 0.717) is 6.54 Å². The minimum atomic E-state index is -4.24. The van der Waals surface area contributed by atoms with Gasteiger partial charge in [0, 0.05) is 12.3 Å². The van der Waals surface area contributed by atoms with Gasteiger partial charge in [0.15, 0.2) is 0 Å². The Hall–Kier alpha value is -0.430. The van der Waals surface area contributed by atoms with Gasteiger partial charge in [-0.15, -0.1) is 0 Å². The highest BCUT2D eigenvalue weighted by atomic mass is 32.2. The fraction of sp³-hybridized carbons (Fsp3) is 0.875. The lowest BCUT2D eigenvalue weighted by Crippen LogP contribution is -2.32. The molecule has 7 heteroatoms.